The average molecular weight is 362 g/mol. The predicted octanol–water partition coefficient (Wildman–Crippen LogP) is 5.25. The molecular formula is C13H7BrCl2O3. The van der Waals surface area contributed by atoms with Crippen molar-refractivity contribution in [3.8, 4) is 11.5 Å². The van der Waals surface area contributed by atoms with Gasteiger partial charge in [0.25, 0.3) is 0 Å². The summed E-state index contributed by atoms with van der Waals surface area (Å²) in [7, 11) is 0. The van der Waals surface area contributed by atoms with E-state index in [1.807, 2.05) is 0 Å². The molecule has 6 heteroatoms. The third kappa shape index (κ3) is 3.41. The van der Waals surface area contributed by atoms with E-state index < -0.39 is 5.97 Å². The van der Waals surface area contributed by atoms with Crippen LogP contribution in [0.4, 0.5) is 0 Å². The number of carboxylic acid groups (broad SMARTS) is 1. The highest BCUT2D eigenvalue weighted by molar-refractivity contribution is 9.10. The standard InChI is InChI=1S/C13H7BrCl2O3/c14-9-5-7(13(17)18)1-3-11(9)19-12-4-2-8(15)6-10(12)16/h1-6H,(H,17,18). The molecule has 3 nitrogen and oxygen atoms in total. The van der Waals surface area contributed by atoms with Crippen LogP contribution in [-0.4, -0.2) is 11.1 Å². The maximum absolute atomic E-state index is 10.8. The molecular weight excluding hydrogens is 355 g/mol. The third-order valence-corrected chi connectivity index (χ3v) is 3.44. The third-order valence-electron chi connectivity index (χ3n) is 2.29. The van der Waals surface area contributed by atoms with E-state index in [-0.39, 0.29) is 5.56 Å². The Morgan fingerprint density at radius 2 is 1.79 bits per heavy atom. The van der Waals surface area contributed by atoms with Crippen LogP contribution in [0.15, 0.2) is 40.9 Å². The summed E-state index contributed by atoms with van der Waals surface area (Å²) >= 11 is 15.0. The minimum absolute atomic E-state index is 0.168. The summed E-state index contributed by atoms with van der Waals surface area (Å²) in [5.74, 6) is -0.0964. The number of hydrogen-bond donors (Lipinski definition) is 1. The lowest BCUT2D eigenvalue weighted by atomic mass is 10.2. The van der Waals surface area contributed by atoms with Crippen molar-refractivity contribution in [2.75, 3.05) is 0 Å². The molecule has 0 amide bonds. The minimum Gasteiger partial charge on any atom is -0.478 e. The Bertz CT molecular complexity index is 644. The van der Waals surface area contributed by atoms with Gasteiger partial charge in [-0.1, -0.05) is 23.2 Å². The molecule has 0 atom stereocenters. The van der Waals surface area contributed by atoms with Crippen molar-refractivity contribution >= 4 is 45.1 Å². The Balaban J connectivity index is 2.31. The fraction of sp³-hybridized carbons (Fsp3) is 0. The molecule has 0 aromatic heterocycles. The Hall–Kier alpha value is -1.23. The molecule has 98 valence electrons. The second-order valence-corrected chi connectivity index (χ2v) is 5.33. The van der Waals surface area contributed by atoms with Crippen LogP contribution in [0.5, 0.6) is 11.5 Å². The number of hydrogen-bond acceptors (Lipinski definition) is 2. The van der Waals surface area contributed by atoms with Gasteiger partial charge in [0, 0.05) is 5.02 Å². The zero-order chi connectivity index (χ0) is 14.0. The first-order valence-electron chi connectivity index (χ1n) is 5.13. The summed E-state index contributed by atoms with van der Waals surface area (Å²) < 4.78 is 6.13. The van der Waals surface area contributed by atoms with Crippen molar-refractivity contribution in [1.82, 2.24) is 0 Å². The maximum Gasteiger partial charge on any atom is 0.335 e. The van der Waals surface area contributed by atoms with E-state index in [4.69, 9.17) is 33.0 Å². The van der Waals surface area contributed by atoms with Crippen molar-refractivity contribution in [3.63, 3.8) is 0 Å². The summed E-state index contributed by atoms with van der Waals surface area (Å²) in [4.78, 5) is 10.8. The van der Waals surface area contributed by atoms with Crippen LogP contribution < -0.4 is 4.74 Å². The first-order chi connectivity index (χ1) is 8.97. The Morgan fingerprint density at radius 3 is 2.37 bits per heavy atom. The lowest BCUT2D eigenvalue weighted by molar-refractivity contribution is 0.0697. The molecule has 0 fully saturated rings. The summed E-state index contributed by atoms with van der Waals surface area (Å²) in [6.07, 6.45) is 0. The molecule has 2 aromatic rings. The Kier molecular flexibility index (Phi) is 4.34. The van der Waals surface area contributed by atoms with Crippen molar-refractivity contribution in [2.45, 2.75) is 0 Å². The van der Waals surface area contributed by atoms with Gasteiger partial charge < -0.3 is 9.84 Å². The number of aromatic carboxylic acids is 1. The van der Waals surface area contributed by atoms with Gasteiger partial charge in [-0.25, -0.2) is 4.79 Å². The van der Waals surface area contributed by atoms with Crippen LogP contribution in [0.3, 0.4) is 0 Å². The van der Waals surface area contributed by atoms with Crippen LogP contribution in [0.2, 0.25) is 10.0 Å². The van der Waals surface area contributed by atoms with E-state index in [1.165, 1.54) is 12.1 Å². The van der Waals surface area contributed by atoms with Gasteiger partial charge in [0.05, 0.1) is 15.1 Å². The lowest BCUT2D eigenvalue weighted by Crippen LogP contribution is -1.96. The van der Waals surface area contributed by atoms with E-state index in [9.17, 15) is 4.79 Å². The molecule has 0 bridgehead atoms. The second-order valence-electron chi connectivity index (χ2n) is 3.63. The fourth-order valence-corrected chi connectivity index (χ4v) is 2.30. The largest absolute Gasteiger partial charge is 0.478 e. The summed E-state index contributed by atoms with van der Waals surface area (Å²) in [6, 6.07) is 9.33. The quantitative estimate of drug-likeness (QED) is 0.812. The average Bonchev–Trinajstić information content (AvgIpc) is 2.34. The summed E-state index contributed by atoms with van der Waals surface area (Å²) in [5, 5.41) is 9.76. The van der Waals surface area contributed by atoms with Crippen LogP contribution in [-0.2, 0) is 0 Å². The number of halogens is 3. The normalized spacial score (nSPS) is 10.3. The van der Waals surface area contributed by atoms with Gasteiger partial charge in [-0.3, -0.25) is 0 Å². The van der Waals surface area contributed by atoms with Gasteiger partial charge in [0.2, 0.25) is 0 Å². The Morgan fingerprint density at radius 1 is 1.11 bits per heavy atom. The van der Waals surface area contributed by atoms with Gasteiger partial charge in [-0.15, -0.1) is 0 Å². The van der Waals surface area contributed by atoms with Gasteiger partial charge in [-0.05, 0) is 52.3 Å². The van der Waals surface area contributed by atoms with E-state index in [0.29, 0.717) is 26.0 Å². The Labute approximate surface area is 127 Å². The molecule has 0 saturated heterocycles. The number of carbonyl (C=O) groups is 1. The molecule has 0 heterocycles. The van der Waals surface area contributed by atoms with E-state index >= 15 is 0 Å². The highest BCUT2D eigenvalue weighted by Gasteiger charge is 2.10. The molecule has 2 aromatic carbocycles. The van der Waals surface area contributed by atoms with Gasteiger partial charge >= 0.3 is 5.97 Å². The number of rotatable bonds is 3. The number of benzene rings is 2. The molecule has 0 radical (unpaired) electrons. The molecule has 0 unspecified atom stereocenters. The first kappa shape index (κ1) is 14.2. The number of ether oxygens (including phenoxy) is 1. The topological polar surface area (TPSA) is 46.5 Å². The van der Waals surface area contributed by atoms with E-state index in [1.54, 1.807) is 24.3 Å². The summed E-state index contributed by atoms with van der Waals surface area (Å²) in [5.41, 5.74) is 0.168. The highest BCUT2D eigenvalue weighted by Crippen LogP contribution is 2.35. The monoisotopic (exact) mass is 360 g/mol. The van der Waals surface area contributed by atoms with Crippen LogP contribution in [0.1, 0.15) is 10.4 Å². The SMILES string of the molecule is O=C(O)c1ccc(Oc2ccc(Cl)cc2Cl)c(Br)c1. The summed E-state index contributed by atoms with van der Waals surface area (Å²) in [6.45, 7) is 0. The van der Waals surface area contributed by atoms with Gasteiger partial charge in [0.1, 0.15) is 11.5 Å². The van der Waals surface area contributed by atoms with Crippen molar-refractivity contribution in [1.29, 1.82) is 0 Å². The zero-order valence-electron chi connectivity index (χ0n) is 9.36. The van der Waals surface area contributed by atoms with Crippen molar-refractivity contribution < 1.29 is 14.6 Å². The second kappa shape index (κ2) is 5.82. The fourth-order valence-electron chi connectivity index (χ4n) is 1.39. The smallest absolute Gasteiger partial charge is 0.335 e. The van der Waals surface area contributed by atoms with E-state index in [0.717, 1.165) is 0 Å². The highest BCUT2D eigenvalue weighted by atomic mass is 79.9. The molecule has 0 aliphatic heterocycles. The molecule has 19 heavy (non-hydrogen) atoms. The minimum atomic E-state index is -1.00. The predicted molar refractivity (Wildman–Crippen MR) is 77.6 cm³/mol. The van der Waals surface area contributed by atoms with Gasteiger partial charge in [0.15, 0.2) is 0 Å². The van der Waals surface area contributed by atoms with Crippen molar-refractivity contribution in [3.05, 3.63) is 56.5 Å². The molecule has 0 saturated carbocycles. The molecule has 0 aliphatic rings. The maximum atomic E-state index is 10.8. The van der Waals surface area contributed by atoms with Crippen LogP contribution >= 0.6 is 39.1 Å². The molecule has 1 N–H and O–H groups in total. The first-order valence-corrected chi connectivity index (χ1v) is 6.68. The lowest BCUT2D eigenvalue weighted by Gasteiger charge is -2.10. The molecule has 2 rings (SSSR count). The molecule has 0 aliphatic carbocycles. The molecule has 0 spiro atoms. The number of carboxylic acids is 1. The van der Waals surface area contributed by atoms with Crippen LogP contribution in [0.25, 0.3) is 0 Å². The zero-order valence-corrected chi connectivity index (χ0v) is 12.5. The van der Waals surface area contributed by atoms with Crippen molar-refractivity contribution in [2.24, 2.45) is 0 Å². The van der Waals surface area contributed by atoms with E-state index in [2.05, 4.69) is 15.9 Å². The van der Waals surface area contributed by atoms with Crippen LogP contribution in [0, 0.1) is 0 Å². The van der Waals surface area contributed by atoms with Gasteiger partial charge in [-0.2, -0.15) is 0 Å².